The lowest BCUT2D eigenvalue weighted by molar-refractivity contribution is -0.138. The monoisotopic (exact) mass is 146 g/mol. The van der Waals surface area contributed by atoms with Crippen molar-refractivity contribution in [1.82, 2.24) is 5.06 Å². The number of carbonyl (C=O) groups excluding carboxylic acids is 1. The van der Waals surface area contributed by atoms with Gasteiger partial charge < -0.3 is 4.74 Å². The molecule has 58 valence electrons. The molecule has 0 aromatic rings. The summed E-state index contributed by atoms with van der Waals surface area (Å²) < 4.78 is 4.40. The first-order chi connectivity index (χ1) is 4.59. The van der Waals surface area contributed by atoms with Gasteiger partial charge in [-0.25, -0.2) is 9.86 Å². The van der Waals surface area contributed by atoms with Gasteiger partial charge in [-0.15, -0.1) is 0 Å². The molecule has 10 heavy (non-hydrogen) atoms. The molecule has 0 heterocycles. The quantitative estimate of drug-likeness (QED) is 0.233. The van der Waals surface area contributed by atoms with Crippen LogP contribution >= 0.6 is 0 Å². The van der Waals surface area contributed by atoms with Gasteiger partial charge in [0.15, 0.2) is 0 Å². The summed E-state index contributed by atoms with van der Waals surface area (Å²) in [4.78, 5) is 10.5. The molecule has 0 aliphatic heterocycles. The Kier molecular flexibility index (Phi) is 3.42. The van der Waals surface area contributed by atoms with E-state index in [1.165, 1.54) is 7.05 Å². The molecular formula is C5H10N2O3. The Morgan fingerprint density at radius 2 is 2.30 bits per heavy atom. The summed E-state index contributed by atoms with van der Waals surface area (Å²) in [7, 11) is 1.18. The molecule has 5 heteroatoms. The van der Waals surface area contributed by atoms with Crippen molar-refractivity contribution >= 4 is 11.8 Å². The second kappa shape index (κ2) is 3.84. The topological polar surface area (TPSA) is 73.6 Å². The Morgan fingerprint density at radius 1 is 1.80 bits per heavy atom. The van der Waals surface area contributed by atoms with E-state index in [-0.39, 0.29) is 6.61 Å². The molecule has 0 radical (unpaired) electrons. The maximum atomic E-state index is 10.5. The van der Waals surface area contributed by atoms with Gasteiger partial charge in [0.25, 0.3) is 0 Å². The zero-order valence-electron chi connectivity index (χ0n) is 5.92. The first kappa shape index (κ1) is 8.90. The van der Waals surface area contributed by atoms with Crippen molar-refractivity contribution in [3.05, 3.63) is 0 Å². The van der Waals surface area contributed by atoms with E-state index in [1.54, 1.807) is 6.92 Å². The molecule has 0 atom stereocenters. The molecule has 0 saturated heterocycles. The number of rotatable bonds is 1. The average Bonchev–Trinajstić information content (AvgIpc) is 1.87. The predicted octanol–water partition coefficient (Wildman–Crippen LogP) is -0.152. The SMILES string of the molecule is CCOC(=O)C(=N)N(C)O. The van der Waals surface area contributed by atoms with Crippen molar-refractivity contribution in [3.8, 4) is 0 Å². The number of esters is 1. The van der Waals surface area contributed by atoms with E-state index in [9.17, 15) is 4.79 Å². The lowest BCUT2D eigenvalue weighted by atomic mass is 10.6. The fraction of sp³-hybridized carbons (Fsp3) is 0.600. The summed E-state index contributed by atoms with van der Waals surface area (Å²) in [5.41, 5.74) is 0. The van der Waals surface area contributed by atoms with Crippen LogP contribution in [0, 0.1) is 5.41 Å². The lowest BCUT2D eigenvalue weighted by Gasteiger charge is -2.08. The van der Waals surface area contributed by atoms with Gasteiger partial charge in [-0.05, 0) is 6.92 Å². The Hall–Kier alpha value is -1.10. The van der Waals surface area contributed by atoms with Crippen LogP contribution in [0.4, 0.5) is 0 Å². The zero-order valence-corrected chi connectivity index (χ0v) is 5.92. The Balaban J connectivity index is 3.83. The van der Waals surface area contributed by atoms with E-state index in [0.29, 0.717) is 5.06 Å². The molecular weight excluding hydrogens is 136 g/mol. The highest BCUT2D eigenvalue weighted by Crippen LogP contribution is 1.83. The third-order valence-electron chi connectivity index (χ3n) is 0.792. The molecule has 0 fully saturated rings. The number of hydrogen-bond donors (Lipinski definition) is 2. The van der Waals surface area contributed by atoms with Gasteiger partial charge in [0.1, 0.15) is 0 Å². The van der Waals surface area contributed by atoms with Crippen LogP contribution in [0.2, 0.25) is 0 Å². The van der Waals surface area contributed by atoms with Gasteiger partial charge >= 0.3 is 5.97 Å². The van der Waals surface area contributed by atoms with Gasteiger partial charge in [0.05, 0.1) is 6.61 Å². The second-order valence-electron chi connectivity index (χ2n) is 1.59. The van der Waals surface area contributed by atoms with Crippen molar-refractivity contribution in [2.45, 2.75) is 6.92 Å². The Bertz CT molecular complexity index is 144. The first-order valence-corrected chi connectivity index (χ1v) is 2.77. The minimum atomic E-state index is -0.826. The van der Waals surface area contributed by atoms with Crippen molar-refractivity contribution in [2.24, 2.45) is 0 Å². The highest BCUT2D eigenvalue weighted by Gasteiger charge is 2.12. The number of hydroxylamine groups is 2. The molecule has 0 aromatic heterocycles. The lowest BCUT2D eigenvalue weighted by Crippen LogP contribution is -2.31. The van der Waals surface area contributed by atoms with Crippen LogP contribution in [0.5, 0.6) is 0 Å². The number of nitrogens with one attached hydrogen (secondary N) is 1. The molecule has 0 unspecified atom stereocenters. The van der Waals surface area contributed by atoms with Crippen LogP contribution in [0.25, 0.3) is 0 Å². The standard InChI is InChI=1S/C5H10N2O3/c1-3-10-5(8)4(6)7(2)9/h6,9H,3H2,1-2H3. The first-order valence-electron chi connectivity index (χ1n) is 2.77. The summed E-state index contributed by atoms with van der Waals surface area (Å²) >= 11 is 0. The van der Waals surface area contributed by atoms with E-state index in [2.05, 4.69) is 4.74 Å². The van der Waals surface area contributed by atoms with Gasteiger partial charge in [0.2, 0.25) is 5.84 Å². The third kappa shape index (κ3) is 2.45. The predicted molar refractivity (Wildman–Crippen MR) is 33.9 cm³/mol. The molecule has 0 spiro atoms. The smallest absolute Gasteiger partial charge is 0.375 e. The van der Waals surface area contributed by atoms with Crippen molar-refractivity contribution in [1.29, 1.82) is 5.41 Å². The van der Waals surface area contributed by atoms with Gasteiger partial charge in [0, 0.05) is 7.05 Å². The summed E-state index contributed by atoms with van der Waals surface area (Å²) in [6.07, 6.45) is 0. The maximum absolute atomic E-state index is 10.5. The van der Waals surface area contributed by atoms with Crippen LogP contribution in [0.3, 0.4) is 0 Å². The van der Waals surface area contributed by atoms with E-state index >= 15 is 0 Å². The number of likely N-dealkylation sites (N-methyl/N-ethyl adjacent to an activating group) is 1. The summed E-state index contributed by atoms with van der Waals surface area (Å²) in [5.74, 6) is -1.39. The third-order valence-corrected chi connectivity index (χ3v) is 0.792. The van der Waals surface area contributed by atoms with E-state index < -0.39 is 11.8 Å². The highest BCUT2D eigenvalue weighted by molar-refractivity contribution is 6.33. The van der Waals surface area contributed by atoms with Gasteiger partial charge in [-0.3, -0.25) is 10.6 Å². The van der Waals surface area contributed by atoms with E-state index in [0.717, 1.165) is 0 Å². The summed E-state index contributed by atoms with van der Waals surface area (Å²) in [6, 6.07) is 0. The van der Waals surface area contributed by atoms with Crippen LogP contribution < -0.4 is 0 Å². The van der Waals surface area contributed by atoms with Gasteiger partial charge in [-0.1, -0.05) is 0 Å². The minimum Gasteiger partial charge on any atom is -0.460 e. The van der Waals surface area contributed by atoms with Crippen molar-refractivity contribution in [3.63, 3.8) is 0 Å². The molecule has 0 bridgehead atoms. The maximum Gasteiger partial charge on any atom is 0.375 e. The normalized spacial score (nSPS) is 8.70. The summed E-state index contributed by atoms with van der Waals surface area (Å²) in [6.45, 7) is 1.83. The fourth-order valence-corrected chi connectivity index (χ4v) is 0.332. The zero-order chi connectivity index (χ0) is 8.15. The average molecular weight is 146 g/mol. The largest absolute Gasteiger partial charge is 0.460 e. The number of amidine groups is 1. The molecule has 0 aliphatic carbocycles. The molecule has 2 N–H and O–H groups in total. The molecule has 0 amide bonds. The highest BCUT2D eigenvalue weighted by atomic mass is 16.5. The molecule has 0 saturated carbocycles. The van der Waals surface area contributed by atoms with Crippen molar-refractivity contribution < 1.29 is 14.7 Å². The van der Waals surface area contributed by atoms with E-state index in [1.807, 2.05) is 0 Å². The molecule has 5 nitrogen and oxygen atoms in total. The number of ether oxygens (including phenoxy) is 1. The molecule has 0 aliphatic rings. The molecule has 0 aromatic carbocycles. The Morgan fingerprint density at radius 3 is 2.60 bits per heavy atom. The minimum absolute atomic E-state index is 0.203. The van der Waals surface area contributed by atoms with Crippen LogP contribution in [-0.2, 0) is 9.53 Å². The second-order valence-corrected chi connectivity index (χ2v) is 1.59. The van der Waals surface area contributed by atoms with Crippen LogP contribution in [0.15, 0.2) is 0 Å². The van der Waals surface area contributed by atoms with Crippen LogP contribution in [-0.4, -0.2) is 35.7 Å². The number of nitrogens with zero attached hydrogens (tertiary/aromatic N) is 1. The van der Waals surface area contributed by atoms with Crippen molar-refractivity contribution in [2.75, 3.05) is 13.7 Å². The fourth-order valence-electron chi connectivity index (χ4n) is 0.332. The Labute approximate surface area is 58.7 Å². The van der Waals surface area contributed by atoms with Gasteiger partial charge in [-0.2, -0.15) is 0 Å². The van der Waals surface area contributed by atoms with E-state index in [4.69, 9.17) is 10.6 Å². The number of hydrogen-bond acceptors (Lipinski definition) is 4. The van der Waals surface area contributed by atoms with Crippen LogP contribution in [0.1, 0.15) is 6.92 Å². The number of carbonyl (C=O) groups is 1. The molecule has 0 rings (SSSR count). The summed E-state index contributed by atoms with van der Waals surface area (Å²) in [5, 5.41) is 15.8.